The third-order valence-electron chi connectivity index (χ3n) is 2.00. The maximum absolute atomic E-state index is 13.4. The van der Waals surface area contributed by atoms with E-state index in [-0.39, 0.29) is 5.52 Å². The first-order valence-electron chi connectivity index (χ1n) is 4.08. The van der Waals surface area contributed by atoms with Crippen molar-refractivity contribution in [3.8, 4) is 0 Å². The Balaban J connectivity index is 2.88. The second-order valence-corrected chi connectivity index (χ2v) is 5.97. The fourth-order valence-electron chi connectivity index (χ4n) is 1.30. The van der Waals surface area contributed by atoms with Crippen LogP contribution in [0.25, 0.3) is 10.9 Å². The van der Waals surface area contributed by atoms with E-state index < -0.39 is 19.8 Å². The third-order valence-corrected chi connectivity index (χ3v) is 3.67. The van der Waals surface area contributed by atoms with Crippen LogP contribution in [0.4, 0.5) is 4.39 Å². The van der Waals surface area contributed by atoms with Gasteiger partial charge in [-0.25, -0.2) is 12.8 Å². The molecule has 0 aliphatic carbocycles. The molecule has 16 heavy (non-hydrogen) atoms. The van der Waals surface area contributed by atoms with Gasteiger partial charge >= 0.3 is 0 Å². The molecule has 0 N–H and O–H groups in total. The number of halogens is 3. The molecule has 1 aromatic heterocycles. The molecule has 0 saturated carbocycles. The van der Waals surface area contributed by atoms with Gasteiger partial charge in [-0.1, -0.05) is 11.6 Å². The van der Waals surface area contributed by atoms with Crippen LogP contribution in [0, 0.1) is 5.82 Å². The molecule has 2 aromatic rings. The molecule has 0 radical (unpaired) electrons. The Bertz CT molecular complexity index is 673. The van der Waals surface area contributed by atoms with Crippen molar-refractivity contribution in [1.82, 2.24) is 4.98 Å². The van der Waals surface area contributed by atoms with Gasteiger partial charge in [-0.05, 0) is 18.2 Å². The monoisotopic (exact) mass is 279 g/mol. The van der Waals surface area contributed by atoms with Gasteiger partial charge in [0.25, 0.3) is 9.05 Å². The SMILES string of the molecule is O=S(=O)(Cl)c1cc2nccc(Cl)c2cc1F. The predicted molar refractivity (Wildman–Crippen MR) is 59.7 cm³/mol. The molecule has 1 aromatic carbocycles. The summed E-state index contributed by atoms with van der Waals surface area (Å²) < 4.78 is 35.5. The summed E-state index contributed by atoms with van der Waals surface area (Å²) in [4.78, 5) is 3.28. The second kappa shape index (κ2) is 3.84. The second-order valence-electron chi connectivity index (χ2n) is 3.03. The van der Waals surface area contributed by atoms with Crippen LogP contribution < -0.4 is 0 Å². The number of nitrogens with zero attached hydrogens (tertiary/aromatic N) is 1. The zero-order valence-electron chi connectivity index (χ0n) is 7.62. The highest BCUT2D eigenvalue weighted by Crippen LogP contribution is 2.27. The molecule has 0 aliphatic rings. The van der Waals surface area contributed by atoms with E-state index in [9.17, 15) is 12.8 Å². The molecule has 0 bridgehead atoms. The summed E-state index contributed by atoms with van der Waals surface area (Å²) in [5.41, 5.74) is 0.271. The van der Waals surface area contributed by atoms with E-state index >= 15 is 0 Å². The first-order valence-corrected chi connectivity index (χ1v) is 6.77. The largest absolute Gasteiger partial charge is 0.264 e. The number of hydrogen-bond acceptors (Lipinski definition) is 3. The Labute approximate surface area is 100 Å². The molecule has 0 spiro atoms. The van der Waals surface area contributed by atoms with Crippen molar-refractivity contribution in [1.29, 1.82) is 0 Å². The van der Waals surface area contributed by atoms with Crippen LogP contribution in [0.3, 0.4) is 0 Å². The van der Waals surface area contributed by atoms with Gasteiger partial charge in [-0.15, -0.1) is 0 Å². The Hall–Kier alpha value is -0.910. The molecule has 0 saturated heterocycles. The minimum absolute atomic E-state index is 0.271. The fourth-order valence-corrected chi connectivity index (χ4v) is 2.41. The highest BCUT2D eigenvalue weighted by atomic mass is 35.7. The van der Waals surface area contributed by atoms with Crippen LogP contribution in [-0.2, 0) is 9.05 Å². The Morgan fingerprint density at radius 3 is 2.62 bits per heavy atom. The molecule has 7 heteroatoms. The summed E-state index contributed by atoms with van der Waals surface area (Å²) in [6.07, 6.45) is 1.40. The van der Waals surface area contributed by atoms with Gasteiger partial charge < -0.3 is 0 Å². The van der Waals surface area contributed by atoms with Crippen LogP contribution in [0.1, 0.15) is 0 Å². The van der Waals surface area contributed by atoms with E-state index in [1.54, 1.807) is 0 Å². The van der Waals surface area contributed by atoms with Gasteiger partial charge in [0.2, 0.25) is 0 Å². The number of fused-ring (bicyclic) bond motifs is 1. The highest BCUT2D eigenvalue weighted by Gasteiger charge is 2.18. The van der Waals surface area contributed by atoms with Crippen molar-refractivity contribution >= 4 is 42.2 Å². The molecule has 1 heterocycles. The molecule has 0 aliphatic heterocycles. The van der Waals surface area contributed by atoms with Gasteiger partial charge in [-0.2, -0.15) is 0 Å². The van der Waals surface area contributed by atoms with Crippen LogP contribution in [-0.4, -0.2) is 13.4 Å². The molecular weight excluding hydrogens is 276 g/mol. The Kier molecular flexibility index (Phi) is 2.77. The van der Waals surface area contributed by atoms with Crippen molar-refractivity contribution in [2.45, 2.75) is 4.90 Å². The zero-order valence-corrected chi connectivity index (χ0v) is 9.94. The molecule has 0 atom stereocenters. The van der Waals surface area contributed by atoms with Crippen molar-refractivity contribution in [2.75, 3.05) is 0 Å². The number of aromatic nitrogens is 1. The van der Waals surface area contributed by atoms with E-state index in [2.05, 4.69) is 4.98 Å². The number of pyridine rings is 1. The number of benzene rings is 1. The molecule has 3 nitrogen and oxygen atoms in total. The lowest BCUT2D eigenvalue weighted by atomic mass is 10.2. The maximum Gasteiger partial charge on any atom is 0.264 e. The normalized spacial score (nSPS) is 11.9. The average Bonchev–Trinajstić information content (AvgIpc) is 2.17. The lowest BCUT2D eigenvalue weighted by molar-refractivity contribution is 0.577. The van der Waals surface area contributed by atoms with Gasteiger partial charge in [0, 0.05) is 22.3 Å². The van der Waals surface area contributed by atoms with Crippen molar-refractivity contribution in [3.63, 3.8) is 0 Å². The summed E-state index contributed by atoms with van der Waals surface area (Å²) in [7, 11) is 0.952. The molecular formula is C9H4Cl2FNO2S. The van der Waals surface area contributed by atoms with E-state index in [4.69, 9.17) is 22.3 Å². The van der Waals surface area contributed by atoms with E-state index in [1.165, 1.54) is 12.3 Å². The number of hydrogen-bond donors (Lipinski definition) is 0. The van der Waals surface area contributed by atoms with Crippen LogP contribution in [0.5, 0.6) is 0 Å². The Morgan fingerprint density at radius 2 is 2.00 bits per heavy atom. The molecule has 0 amide bonds. The predicted octanol–water partition coefficient (Wildman–Crippen LogP) is 2.95. The van der Waals surface area contributed by atoms with E-state index in [0.717, 1.165) is 12.1 Å². The van der Waals surface area contributed by atoms with Gasteiger partial charge in [0.15, 0.2) is 0 Å². The fraction of sp³-hybridized carbons (Fsp3) is 0. The molecule has 0 unspecified atom stereocenters. The van der Waals surface area contributed by atoms with Crippen molar-refractivity contribution < 1.29 is 12.8 Å². The first-order chi connectivity index (χ1) is 7.39. The lowest BCUT2D eigenvalue weighted by Gasteiger charge is -2.03. The standard InChI is InChI=1S/C9H4Cl2FNO2S/c10-6-1-2-13-8-4-9(16(11,14)15)7(12)3-5(6)8/h1-4H. The van der Waals surface area contributed by atoms with Crippen molar-refractivity contribution in [2.24, 2.45) is 0 Å². The summed E-state index contributed by atoms with van der Waals surface area (Å²) in [6.45, 7) is 0. The summed E-state index contributed by atoms with van der Waals surface area (Å²) in [5, 5.41) is 0.633. The van der Waals surface area contributed by atoms with E-state index in [0.29, 0.717) is 10.4 Å². The first kappa shape index (κ1) is 11.6. The lowest BCUT2D eigenvalue weighted by Crippen LogP contribution is -1.96. The van der Waals surface area contributed by atoms with Crippen molar-refractivity contribution in [3.05, 3.63) is 35.2 Å². The summed E-state index contributed by atoms with van der Waals surface area (Å²) in [5.74, 6) is -0.947. The molecule has 2 rings (SSSR count). The van der Waals surface area contributed by atoms with Gasteiger partial charge in [0.1, 0.15) is 10.7 Å². The zero-order chi connectivity index (χ0) is 11.9. The van der Waals surface area contributed by atoms with Gasteiger partial charge in [-0.3, -0.25) is 4.98 Å². The van der Waals surface area contributed by atoms with Gasteiger partial charge in [0.05, 0.1) is 10.5 Å². The van der Waals surface area contributed by atoms with E-state index in [1.807, 2.05) is 0 Å². The van der Waals surface area contributed by atoms with Crippen LogP contribution >= 0.6 is 22.3 Å². The topological polar surface area (TPSA) is 47.0 Å². The third kappa shape index (κ3) is 1.98. The molecule has 84 valence electrons. The van der Waals surface area contributed by atoms with Crippen LogP contribution in [0.15, 0.2) is 29.3 Å². The van der Waals surface area contributed by atoms with Crippen LogP contribution in [0.2, 0.25) is 5.02 Å². The summed E-state index contributed by atoms with van der Waals surface area (Å²) >= 11 is 5.81. The minimum Gasteiger partial charge on any atom is -0.256 e. The smallest absolute Gasteiger partial charge is 0.256 e. The number of rotatable bonds is 1. The summed E-state index contributed by atoms with van der Waals surface area (Å²) in [6, 6.07) is 3.54. The average molecular weight is 280 g/mol. The molecule has 0 fully saturated rings. The highest BCUT2D eigenvalue weighted by molar-refractivity contribution is 8.13. The quantitative estimate of drug-likeness (QED) is 0.754. The maximum atomic E-state index is 13.4. The Morgan fingerprint density at radius 1 is 1.31 bits per heavy atom. The minimum atomic E-state index is -4.12.